The lowest BCUT2D eigenvalue weighted by molar-refractivity contribution is 0.0705. The first kappa shape index (κ1) is 18.0. The zero-order valence-electron chi connectivity index (χ0n) is 14.6. The van der Waals surface area contributed by atoms with Gasteiger partial charge in [0.15, 0.2) is 11.5 Å². The van der Waals surface area contributed by atoms with E-state index in [4.69, 9.17) is 9.47 Å². The zero-order valence-corrected chi connectivity index (χ0v) is 14.6. The Labute approximate surface area is 139 Å². The van der Waals surface area contributed by atoms with E-state index in [1.807, 2.05) is 12.1 Å². The van der Waals surface area contributed by atoms with Crippen molar-refractivity contribution in [3.63, 3.8) is 0 Å². The molecule has 1 aliphatic rings. The van der Waals surface area contributed by atoms with Crippen LogP contribution >= 0.6 is 0 Å². The van der Waals surface area contributed by atoms with Gasteiger partial charge in [0.25, 0.3) is 0 Å². The number of hydrogen-bond donors (Lipinski definition) is 1. The van der Waals surface area contributed by atoms with Crippen LogP contribution in [0.25, 0.3) is 0 Å². The van der Waals surface area contributed by atoms with Crippen LogP contribution in [0.4, 0.5) is 0 Å². The molecule has 0 aromatic heterocycles. The van der Waals surface area contributed by atoms with Gasteiger partial charge < -0.3 is 19.5 Å². The van der Waals surface area contributed by atoms with Gasteiger partial charge in [-0.1, -0.05) is 19.9 Å². The first-order valence-corrected chi connectivity index (χ1v) is 8.58. The van der Waals surface area contributed by atoms with E-state index in [-0.39, 0.29) is 6.61 Å². The lowest BCUT2D eigenvalue weighted by atomic mass is 10.1. The van der Waals surface area contributed by atoms with E-state index in [1.165, 1.54) is 25.1 Å². The summed E-state index contributed by atoms with van der Waals surface area (Å²) in [6.45, 7) is 10.3. The van der Waals surface area contributed by atoms with Gasteiger partial charge >= 0.3 is 0 Å². The lowest BCUT2D eigenvalue weighted by Gasteiger charge is -2.30. The fourth-order valence-corrected chi connectivity index (χ4v) is 2.75. The number of nitrogens with zero attached hydrogens (tertiary/aromatic N) is 2. The number of methoxy groups -OCH3 is 1. The first-order valence-electron chi connectivity index (χ1n) is 8.58. The monoisotopic (exact) mass is 322 g/mol. The maximum Gasteiger partial charge on any atom is 0.161 e. The number of aliphatic hydroxyl groups excluding tert-OH is 1. The molecule has 0 saturated carbocycles. The maximum absolute atomic E-state index is 10.2. The Morgan fingerprint density at radius 2 is 1.96 bits per heavy atom. The van der Waals surface area contributed by atoms with Crippen molar-refractivity contribution in [3.8, 4) is 11.5 Å². The average molecular weight is 322 g/mol. The molecule has 23 heavy (non-hydrogen) atoms. The molecule has 1 heterocycles. The Morgan fingerprint density at radius 1 is 1.22 bits per heavy atom. The Bertz CT molecular complexity index is 473. The molecule has 1 saturated heterocycles. The Kier molecular flexibility index (Phi) is 7.15. The number of likely N-dealkylation sites (tertiary alicyclic amines) is 1. The number of rotatable bonds is 10. The molecule has 0 spiro atoms. The molecule has 1 aromatic rings. The SMILES string of the molecule is CCN(CC)CC(O)COc1cc(CN2CCC2)ccc1OC. The second kappa shape index (κ2) is 9.11. The van der Waals surface area contributed by atoms with E-state index in [0.717, 1.165) is 19.6 Å². The van der Waals surface area contributed by atoms with Crippen molar-refractivity contribution < 1.29 is 14.6 Å². The van der Waals surface area contributed by atoms with Gasteiger partial charge in [-0.2, -0.15) is 0 Å². The summed E-state index contributed by atoms with van der Waals surface area (Å²) in [5, 5.41) is 10.2. The first-order chi connectivity index (χ1) is 11.2. The number of benzene rings is 1. The highest BCUT2D eigenvalue weighted by Gasteiger charge is 2.16. The van der Waals surface area contributed by atoms with Crippen LogP contribution in [-0.4, -0.2) is 67.5 Å². The molecule has 0 aliphatic carbocycles. The second-order valence-corrected chi connectivity index (χ2v) is 6.07. The summed E-state index contributed by atoms with van der Waals surface area (Å²) in [5.74, 6) is 1.43. The van der Waals surface area contributed by atoms with Gasteiger partial charge in [-0.25, -0.2) is 0 Å². The molecule has 0 radical (unpaired) electrons. The zero-order chi connectivity index (χ0) is 16.7. The van der Waals surface area contributed by atoms with Gasteiger partial charge in [-0.15, -0.1) is 0 Å². The van der Waals surface area contributed by atoms with Crippen molar-refractivity contribution in [2.24, 2.45) is 0 Å². The lowest BCUT2D eigenvalue weighted by Crippen LogP contribution is -2.36. The third-order valence-corrected chi connectivity index (χ3v) is 4.38. The number of aliphatic hydroxyl groups is 1. The van der Waals surface area contributed by atoms with Crippen LogP contribution in [-0.2, 0) is 6.54 Å². The minimum atomic E-state index is -0.501. The summed E-state index contributed by atoms with van der Waals surface area (Å²) in [4.78, 5) is 4.59. The van der Waals surface area contributed by atoms with Gasteiger partial charge in [0, 0.05) is 13.1 Å². The van der Waals surface area contributed by atoms with E-state index in [9.17, 15) is 5.11 Å². The van der Waals surface area contributed by atoms with E-state index in [1.54, 1.807) is 7.11 Å². The molecule has 1 unspecified atom stereocenters. The fraction of sp³-hybridized carbons (Fsp3) is 0.667. The van der Waals surface area contributed by atoms with Crippen molar-refractivity contribution >= 4 is 0 Å². The highest BCUT2D eigenvalue weighted by Crippen LogP contribution is 2.29. The molecular weight excluding hydrogens is 292 g/mol. The summed E-state index contributed by atoms with van der Waals surface area (Å²) in [6.07, 6.45) is 0.787. The van der Waals surface area contributed by atoms with Gasteiger partial charge in [-0.05, 0) is 50.3 Å². The van der Waals surface area contributed by atoms with Crippen molar-refractivity contribution in [1.29, 1.82) is 0 Å². The molecular formula is C18H30N2O3. The maximum atomic E-state index is 10.2. The number of hydrogen-bond acceptors (Lipinski definition) is 5. The van der Waals surface area contributed by atoms with Gasteiger partial charge in [-0.3, -0.25) is 4.90 Å². The predicted molar refractivity (Wildman–Crippen MR) is 92.2 cm³/mol. The summed E-state index contributed by atoms with van der Waals surface area (Å²) >= 11 is 0. The Morgan fingerprint density at radius 3 is 2.52 bits per heavy atom. The number of likely N-dealkylation sites (N-methyl/N-ethyl adjacent to an activating group) is 1. The molecule has 1 aliphatic heterocycles. The van der Waals surface area contributed by atoms with Crippen LogP contribution in [0.1, 0.15) is 25.8 Å². The topological polar surface area (TPSA) is 45.2 Å². The third kappa shape index (κ3) is 5.37. The van der Waals surface area contributed by atoms with Crippen LogP contribution < -0.4 is 9.47 Å². The number of ether oxygens (including phenoxy) is 2. The molecule has 5 heteroatoms. The average Bonchev–Trinajstić information content (AvgIpc) is 2.54. The second-order valence-electron chi connectivity index (χ2n) is 6.07. The molecule has 1 aromatic carbocycles. The van der Waals surface area contributed by atoms with Gasteiger partial charge in [0.1, 0.15) is 12.7 Å². The molecule has 5 nitrogen and oxygen atoms in total. The molecule has 1 N–H and O–H groups in total. The van der Waals surface area contributed by atoms with E-state index < -0.39 is 6.10 Å². The van der Waals surface area contributed by atoms with Crippen molar-refractivity contribution in [3.05, 3.63) is 23.8 Å². The highest BCUT2D eigenvalue weighted by atomic mass is 16.5. The highest BCUT2D eigenvalue weighted by molar-refractivity contribution is 5.43. The van der Waals surface area contributed by atoms with E-state index >= 15 is 0 Å². The smallest absolute Gasteiger partial charge is 0.161 e. The van der Waals surface area contributed by atoms with Crippen molar-refractivity contribution in [2.45, 2.75) is 32.9 Å². The van der Waals surface area contributed by atoms with Crippen LogP contribution in [0, 0.1) is 0 Å². The summed E-state index contributed by atoms with van der Waals surface area (Å²) < 4.78 is 11.2. The quantitative estimate of drug-likeness (QED) is 0.714. The van der Waals surface area contributed by atoms with Gasteiger partial charge in [0.2, 0.25) is 0 Å². The molecule has 1 atom stereocenters. The summed E-state index contributed by atoms with van der Waals surface area (Å²) in [5.41, 5.74) is 1.22. The van der Waals surface area contributed by atoms with Crippen molar-refractivity contribution in [1.82, 2.24) is 9.80 Å². The van der Waals surface area contributed by atoms with Crippen LogP contribution in [0.15, 0.2) is 18.2 Å². The third-order valence-electron chi connectivity index (χ3n) is 4.38. The van der Waals surface area contributed by atoms with Crippen LogP contribution in [0.3, 0.4) is 0 Å². The minimum absolute atomic E-state index is 0.278. The fourth-order valence-electron chi connectivity index (χ4n) is 2.75. The molecule has 0 amide bonds. The molecule has 2 rings (SSSR count). The minimum Gasteiger partial charge on any atom is -0.493 e. The Balaban J connectivity index is 1.92. The summed E-state index contributed by atoms with van der Waals surface area (Å²) in [7, 11) is 1.64. The normalized spacial score (nSPS) is 16.2. The Hall–Kier alpha value is -1.30. The van der Waals surface area contributed by atoms with E-state index in [2.05, 4.69) is 29.7 Å². The molecule has 0 bridgehead atoms. The predicted octanol–water partition coefficient (Wildman–Crippen LogP) is 1.98. The van der Waals surface area contributed by atoms with Gasteiger partial charge in [0.05, 0.1) is 7.11 Å². The standard InChI is InChI=1S/C18H30N2O3/c1-4-19(5-2)13-16(21)14-23-18-11-15(7-8-17(18)22-3)12-20-9-6-10-20/h7-8,11,16,21H,4-6,9-10,12-14H2,1-3H3. The molecule has 130 valence electrons. The van der Waals surface area contributed by atoms with Crippen LogP contribution in [0.2, 0.25) is 0 Å². The summed E-state index contributed by atoms with van der Waals surface area (Å²) in [6, 6.07) is 6.05. The van der Waals surface area contributed by atoms with Crippen LogP contribution in [0.5, 0.6) is 11.5 Å². The van der Waals surface area contributed by atoms with E-state index in [0.29, 0.717) is 18.0 Å². The largest absolute Gasteiger partial charge is 0.493 e. The van der Waals surface area contributed by atoms with Crippen molar-refractivity contribution in [2.75, 3.05) is 46.4 Å². The molecule has 1 fully saturated rings.